The van der Waals surface area contributed by atoms with Crippen molar-refractivity contribution in [1.82, 2.24) is 5.32 Å². The number of thioether (sulfide) groups is 1. The van der Waals surface area contributed by atoms with Crippen LogP contribution in [0.4, 0.5) is 5.69 Å². The number of nitrogens with one attached hydrogen (secondary N) is 1. The molecule has 0 aliphatic carbocycles. The predicted octanol–water partition coefficient (Wildman–Crippen LogP) is 4.42. The summed E-state index contributed by atoms with van der Waals surface area (Å²) >= 11 is 6.64. The predicted molar refractivity (Wildman–Crippen MR) is 124 cm³/mol. The summed E-state index contributed by atoms with van der Waals surface area (Å²) < 4.78 is 12.2. The minimum Gasteiger partial charge on any atom is -0.493 e. The van der Waals surface area contributed by atoms with Gasteiger partial charge < -0.3 is 19.9 Å². The van der Waals surface area contributed by atoms with E-state index in [-0.39, 0.29) is 5.91 Å². The van der Waals surface area contributed by atoms with Crippen LogP contribution in [0.25, 0.3) is 6.08 Å². The molecule has 2 N–H and O–H groups in total. The zero-order chi connectivity index (χ0) is 21.0. The van der Waals surface area contributed by atoms with Gasteiger partial charge in [-0.25, -0.2) is 9.79 Å². The van der Waals surface area contributed by atoms with E-state index < -0.39 is 12.6 Å². The summed E-state index contributed by atoms with van der Waals surface area (Å²) in [6, 6.07) is 10.9. The summed E-state index contributed by atoms with van der Waals surface area (Å²) in [6.07, 6.45) is 1.72. The average Bonchev–Trinajstić information content (AvgIpc) is 3.01. The molecule has 1 amide bonds. The maximum absolute atomic E-state index is 12.3. The standard InChI is InChI=1S/C19H14BrIN2O5S/c1-27-14-7-10(6-13(21)17(14)28-9-16(24)25)8-15-18(26)23-19(29-15)22-12-4-2-11(20)3-5-12/h2-8H,9H2,1H3,(H,24,25)(H,22,23,26)/b15-8+. The molecule has 0 radical (unpaired) electrons. The quantitative estimate of drug-likeness (QED) is 0.383. The van der Waals surface area contributed by atoms with Crippen molar-refractivity contribution >= 4 is 79.1 Å². The molecule has 29 heavy (non-hydrogen) atoms. The molecule has 1 aliphatic rings. The SMILES string of the molecule is COc1cc(/C=C2/SC(=Nc3ccc(Br)cc3)NC2=O)cc(I)c1OCC(=O)O. The van der Waals surface area contributed by atoms with Crippen LogP contribution in [-0.4, -0.2) is 35.9 Å². The van der Waals surface area contributed by atoms with Gasteiger partial charge in [0.05, 0.1) is 21.3 Å². The van der Waals surface area contributed by atoms with E-state index in [1.165, 1.54) is 18.9 Å². The lowest BCUT2D eigenvalue weighted by atomic mass is 10.2. The Kier molecular flexibility index (Phi) is 7.19. The van der Waals surface area contributed by atoms with Crippen molar-refractivity contribution in [2.75, 3.05) is 13.7 Å². The Bertz CT molecular complexity index is 1020. The number of benzene rings is 2. The van der Waals surface area contributed by atoms with Gasteiger partial charge in [-0.15, -0.1) is 0 Å². The van der Waals surface area contributed by atoms with Gasteiger partial charge in [-0.3, -0.25) is 4.79 Å². The highest BCUT2D eigenvalue weighted by molar-refractivity contribution is 14.1. The Morgan fingerprint density at radius 1 is 1.34 bits per heavy atom. The maximum atomic E-state index is 12.3. The van der Waals surface area contributed by atoms with E-state index in [1.54, 1.807) is 18.2 Å². The molecule has 2 aromatic carbocycles. The zero-order valence-corrected chi connectivity index (χ0v) is 19.5. The monoisotopic (exact) mass is 588 g/mol. The van der Waals surface area contributed by atoms with Crippen LogP contribution < -0.4 is 14.8 Å². The van der Waals surface area contributed by atoms with Crippen molar-refractivity contribution < 1.29 is 24.2 Å². The third-order valence-electron chi connectivity index (χ3n) is 3.60. The summed E-state index contributed by atoms with van der Waals surface area (Å²) in [5, 5.41) is 12.0. The van der Waals surface area contributed by atoms with Gasteiger partial charge >= 0.3 is 5.97 Å². The number of hydrogen-bond acceptors (Lipinski definition) is 6. The van der Waals surface area contributed by atoms with Gasteiger partial charge in [-0.05, 0) is 82.4 Å². The van der Waals surface area contributed by atoms with E-state index in [9.17, 15) is 9.59 Å². The first-order valence-electron chi connectivity index (χ1n) is 8.13. The van der Waals surface area contributed by atoms with Gasteiger partial charge in [0, 0.05) is 4.47 Å². The van der Waals surface area contributed by atoms with Gasteiger partial charge in [0.15, 0.2) is 23.3 Å². The second-order valence-electron chi connectivity index (χ2n) is 5.67. The number of carboxylic acids is 1. The number of nitrogens with zero attached hydrogens (tertiary/aromatic N) is 1. The number of halogens is 2. The molecule has 1 heterocycles. The highest BCUT2D eigenvalue weighted by Gasteiger charge is 2.24. The van der Waals surface area contributed by atoms with Crippen LogP contribution in [0, 0.1) is 3.57 Å². The number of rotatable bonds is 6. The van der Waals surface area contributed by atoms with Crippen molar-refractivity contribution in [2.45, 2.75) is 0 Å². The molecular weight excluding hydrogens is 575 g/mol. The minimum atomic E-state index is -1.08. The molecule has 7 nitrogen and oxygen atoms in total. The van der Waals surface area contributed by atoms with Crippen LogP contribution in [0.5, 0.6) is 11.5 Å². The van der Waals surface area contributed by atoms with E-state index >= 15 is 0 Å². The summed E-state index contributed by atoms with van der Waals surface area (Å²) in [6.45, 7) is -0.471. The fourth-order valence-corrected chi connectivity index (χ4v) is 4.25. The van der Waals surface area contributed by atoms with Crippen LogP contribution in [0.15, 0.2) is 50.8 Å². The maximum Gasteiger partial charge on any atom is 0.341 e. The van der Waals surface area contributed by atoms with Crippen LogP contribution in [-0.2, 0) is 9.59 Å². The first kappa shape index (κ1) is 21.7. The van der Waals surface area contributed by atoms with Gasteiger partial charge in [0.25, 0.3) is 5.91 Å². The van der Waals surface area contributed by atoms with Crippen molar-refractivity contribution in [3.05, 3.63) is 54.9 Å². The average molecular weight is 589 g/mol. The number of aliphatic carboxylic acids is 1. The largest absolute Gasteiger partial charge is 0.493 e. The first-order valence-corrected chi connectivity index (χ1v) is 10.8. The van der Waals surface area contributed by atoms with Crippen molar-refractivity contribution in [3.63, 3.8) is 0 Å². The minimum absolute atomic E-state index is 0.244. The molecule has 0 aromatic heterocycles. The second kappa shape index (κ2) is 9.63. The van der Waals surface area contributed by atoms with Gasteiger partial charge in [-0.2, -0.15) is 0 Å². The number of carbonyl (C=O) groups is 2. The molecule has 0 bridgehead atoms. The van der Waals surface area contributed by atoms with E-state index in [4.69, 9.17) is 14.6 Å². The van der Waals surface area contributed by atoms with E-state index in [1.807, 2.05) is 46.9 Å². The topological polar surface area (TPSA) is 97.2 Å². The molecule has 1 saturated heterocycles. The summed E-state index contributed by atoms with van der Waals surface area (Å²) in [4.78, 5) is 28.0. The Hall–Kier alpha value is -2.05. The van der Waals surface area contributed by atoms with Crippen molar-refractivity contribution in [2.24, 2.45) is 4.99 Å². The zero-order valence-electron chi connectivity index (χ0n) is 14.9. The Labute approximate surface area is 192 Å². The van der Waals surface area contributed by atoms with Gasteiger partial charge in [-0.1, -0.05) is 15.9 Å². The molecule has 1 aliphatic heterocycles. The Morgan fingerprint density at radius 2 is 2.07 bits per heavy atom. The van der Waals surface area contributed by atoms with E-state index in [2.05, 4.69) is 26.2 Å². The lowest BCUT2D eigenvalue weighted by Gasteiger charge is -2.12. The Balaban J connectivity index is 1.84. The molecule has 0 unspecified atom stereocenters. The number of carboxylic acid groups (broad SMARTS) is 1. The lowest BCUT2D eigenvalue weighted by Crippen LogP contribution is -2.19. The van der Waals surface area contributed by atoms with Crippen molar-refractivity contribution in [1.29, 1.82) is 0 Å². The molecule has 2 aromatic rings. The number of amides is 1. The van der Waals surface area contributed by atoms with Crippen LogP contribution in [0.3, 0.4) is 0 Å². The Morgan fingerprint density at radius 3 is 2.72 bits per heavy atom. The second-order valence-corrected chi connectivity index (χ2v) is 8.78. The highest BCUT2D eigenvalue weighted by atomic mass is 127. The third kappa shape index (κ3) is 5.73. The molecule has 0 atom stereocenters. The molecule has 0 saturated carbocycles. The normalized spacial score (nSPS) is 16.2. The molecule has 1 fully saturated rings. The van der Waals surface area contributed by atoms with Crippen LogP contribution in [0.1, 0.15) is 5.56 Å². The third-order valence-corrected chi connectivity index (χ3v) is 5.84. The smallest absolute Gasteiger partial charge is 0.341 e. The summed E-state index contributed by atoms with van der Waals surface area (Å²) in [5.41, 5.74) is 1.45. The molecule has 0 spiro atoms. The number of methoxy groups -OCH3 is 1. The lowest BCUT2D eigenvalue weighted by molar-refractivity contribution is -0.139. The molecule has 3 rings (SSSR count). The van der Waals surface area contributed by atoms with Crippen LogP contribution >= 0.6 is 50.3 Å². The van der Waals surface area contributed by atoms with Gasteiger partial charge in [0.2, 0.25) is 0 Å². The van der Waals surface area contributed by atoms with E-state index in [0.717, 1.165) is 15.7 Å². The van der Waals surface area contributed by atoms with Gasteiger partial charge in [0.1, 0.15) is 0 Å². The number of carbonyl (C=O) groups excluding carboxylic acids is 1. The van der Waals surface area contributed by atoms with Crippen LogP contribution in [0.2, 0.25) is 0 Å². The van der Waals surface area contributed by atoms with Crippen molar-refractivity contribution in [3.8, 4) is 11.5 Å². The van der Waals surface area contributed by atoms with E-state index in [0.29, 0.717) is 25.1 Å². The molecule has 10 heteroatoms. The summed E-state index contributed by atoms with van der Waals surface area (Å²) in [7, 11) is 1.47. The highest BCUT2D eigenvalue weighted by Crippen LogP contribution is 2.36. The summed E-state index contributed by atoms with van der Waals surface area (Å²) in [5.74, 6) is -0.590. The molecular formula is C19H14BrIN2O5S. The number of amidine groups is 1. The fraction of sp³-hybridized carbons (Fsp3) is 0.105. The fourth-order valence-electron chi connectivity index (χ4n) is 2.36. The number of aliphatic imine (C=N–C) groups is 1. The molecule has 150 valence electrons. The number of ether oxygens (including phenoxy) is 2. The number of hydrogen-bond donors (Lipinski definition) is 2. The first-order chi connectivity index (χ1) is 13.9.